The molecule has 0 aliphatic carbocycles. The van der Waals surface area contributed by atoms with Gasteiger partial charge in [0, 0.05) is 40.3 Å². The third kappa shape index (κ3) is 3.47. The number of aryl methyl sites for hydroxylation is 1. The summed E-state index contributed by atoms with van der Waals surface area (Å²) in [4.78, 5) is 17.2. The lowest BCUT2D eigenvalue weighted by molar-refractivity contribution is 0.1000. The van der Waals surface area contributed by atoms with E-state index in [2.05, 4.69) is 28.9 Å². The number of hydrogen-bond donors (Lipinski definition) is 2. The number of rotatable bonds is 4. The topological polar surface area (TPSA) is 62.1 Å². The predicted octanol–water partition coefficient (Wildman–Crippen LogP) is 4.96. The van der Waals surface area contributed by atoms with Gasteiger partial charge >= 0.3 is 0 Å². The molecule has 1 aliphatic rings. The highest BCUT2D eigenvalue weighted by Crippen LogP contribution is 2.36. The number of nitrogens with one attached hydrogen (secondary N) is 1. The highest BCUT2D eigenvalue weighted by atomic mass is 35.5. The maximum atomic E-state index is 11.4. The molecule has 0 radical (unpaired) electrons. The number of hydrogen-bond acceptors (Lipinski definition) is 2. The van der Waals surface area contributed by atoms with Crippen LogP contribution >= 0.6 is 11.6 Å². The van der Waals surface area contributed by atoms with Crippen molar-refractivity contribution in [2.24, 2.45) is 5.73 Å². The molecule has 1 fully saturated rings. The van der Waals surface area contributed by atoms with E-state index in [1.54, 1.807) is 0 Å². The van der Waals surface area contributed by atoms with Gasteiger partial charge in [-0.3, -0.25) is 9.69 Å². The summed E-state index contributed by atoms with van der Waals surface area (Å²) in [6, 6.07) is 12.2. The molecule has 0 bridgehead atoms. The predicted molar refractivity (Wildman–Crippen MR) is 110 cm³/mol. The minimum Gasteiger partial charge on any atom is -0.366 e. The number of halogens is 1. The smallest absolute Gasteiger partial charge is 0.248 e. The van der Waals surface area contributed by atoms with E-state index in [-0.39, 0.29) is 5.91 Å². The summed E-state index contributed by atoms with van der Waals surface area (Å²) >= 11 is 6.64. The number of amides is 1. The average Bonchev–Trinajstić information content (AvgIpc) is 3.16. The first-order chi connectivity index (χ1) is 13.0. The zero-order valence-corrected chi connectivity index (χ0v) is 16.2. The molecule has 140 valence electrons. The van der Waals surface area contributed by atoms with E-state index in [4.69, 9.17) is 17.3 Å². The molecule has 5 heteroatoms. The molecule has 1 aromatic heterocycles. The molecule has 0 spiro atoms. The van der Waals surface area contributed by atoms with Gasteiger partial charge in [0.05, 0.1) is 0 Å². The average molecular weight is 382 g/mol. The molecule has 27 heavy (non-hydrogen) atoms. The first-order valence-electron chi connectivity index (χ1n) is 9.43. The van der Waals surface area contributed by atoms with E-state index in [1.165, 1.54) is 34.9 Å². The van der Waals surface area contributed by atoms with Crippen LogP contribution < -0.4 is 5.73 Å². The maximum absolute atomic E-state index is 11.4. The standard InChI is InChI=1S/C22H24ClN3O/c1-14-12-19(23)18(17-9-10-25-21(14)17)13-26-11-3-2-4-20(26)15-5-7-16(8-6-15)22(24)27/h5-10,12,20,25H,2-4,11,13H2,1H3,(H2,24,27)/t20-/m0/s1. The lowest BCUT2D eigenvalue weighted by Gasteiger charge is -2.36. The van der Waals surface area contributed by atoms with Gasteiger partial charge in [0.1, 0.15) is 0 Å². The highest BCUT2D eigenvalue weighted by molar-refractivity contribution is 6.32. The summed E-state index contributed by atoms with van der Waals surface area (Å²) in [7, 11) is 0. The number of primary amides is 1. The molecule has 2 heterocycles. The Bertz CT molecular complexity index is 977. The van der Waals surface area contributed by atoms with Crippen molar-refractivity contribution in [1.29, 1.82) is 0 Å². The summed E-state index contributed by atoms with van der Waals surface area (Å²) in [6.07, 6.45) is 5.49. The molecule has 4 rings (SSSR count). The van der Waals surface area contributed by atoms with E-state index in [1.807, 2.05) is 30.5 Å². The van der Waals surface area contributed by atoms with Crippen molar-refractivity contribution in [3.05, 3.63) is 69.9 Å². The van der Waals surface area contributed by atoms with Gasteiger partial charge in [-0.1, -0.05) is 30.2 Å². The Balaban J connectivity index is 1.66. The number of aromatic amines is 1. The summed E-state index contributed by atoms with van der Waals surface area (Å²) in [5.74, 6) is -0.386. The Labute approximate surface area is 164 Å². The van der Waals surface area contributed by atoms with Gasteiger partial charge in [0.25, 0.3) is 0 Å². The number of benzene rings is 2. The van der Waals surface area contributed by atoms with Crippen LogP contribution in [0.3, 0.4) is 0 Å². The van der Waals surface area contributed by atoms with E-state index in [9.17, 15) is 4.79 Å². The van der Waals surface area contributed by atoms with Crippen LogP contribution in [0.1, 0.15) is 52.4 Å². The number of nitrogens with zero attached hydrogens (tertiary/aromatic N) is 1. The van der Waals surface area contributed by atoms with Crippen molar-refractivity contribution < 1.29 is 4.79 Å². The molecule has 1 saturated heterocycles. The fourth-order valence-corrected chi connectivity index (χ4v) is 4.54. The number of likely N-dealkylation sites (tertiary alicyclic amines) is 1. The molecule has 4 nitrogen and oxygen atoms in total. The van der Waals surface area contributed by atoms with Gasteiger partial charge in [-0.05, 0) is 67.3 Å². The summed E-state index contributed by atoms with van der Waals surface area (Å²) in [5.41, 5.74) is 10.7. The molecule has 2 aromatic carbocycles. The number of carbonyl (C=O) groups excluding carboxylic acids is 1. The van der Waals surface area contributed by atoms with Gasteiger partial charge in [-0.15, -0.1) is 0 Å². The quantitative estimate of drug-likeness (QED) is 0.671. The fourth-order valence-electron chi connectivity index (χ4n) is 4.22. The number of nitrogens with two attached hydrogens (primary N) is 1. The largest absolute Gasteiger partial charge is 0.366 e. The Morgan fingerprint density at radius 3 is 2.78 bits per heavy atom. The minimum atomic E-state index is -0.386. The molecule has 0 saturated carbocycles. The van der Waals surface area contributed by atoms with Crippen molar-refractivity contribution >= 4 is 28.4 Å². The molecule has 0 unspecified atom stereocenters. The van der Waals surface area contributed by atoms with E-state index >= 15 is 0 Å². The van der Waals surface area contributed by atoms with E-state index < -0.39 is 0 Å². The second kappa shape index (κ2) is 7.37. The van der Waals surface area contributed by atoms with Crippen LogP contribution in [0.2, 0.25) is 5.02 Å². The third-order valence-electron chi connectivity index (χ3n) is 5.65. The minimum absolute atomic E-state index is 0.326. The maximum Gasteiger partial charge on any atom is 0.248 e. The zero-order valence-electron chi connectivity index (χ0n) is 15.5. The van der Waals surface area contributed by atoms with Crippen LogP contribution in [0.5, 0.6) is 0 Å². The summed E-state index contributed by atoms with van der Waals surface area (Å²) < 4.78 is 0. The Kier molecular flexibility index (Phi) is 4.94. The SMILES string of the molecule is Cc1cc(Cl)c(CN2CCCC[C@H]2c2ccc(C(N)=O)cc2)c2cc[nH]c12. The Morgan fingerprint density at radius 2 is 2.04 bits per heavy atom. The number of piperidine rings is 1. The number of aromatic nitrogens is 1. The van der Waals surface area contributed by atoms with Crippen LogP contribution in [0, 0.1) is 6.92 Å². The lowest BCUT2D eigenvalue weighted by Crippen LogP contribution is -2.33. The van der Waals surface area contributed by atoms with Crippen LogP contribution in [0.15, 0.2) is 42.6 Å². The van der Waals surface area contributed by atoms with Gasteiger partial charge < -0.3 is 10.7 Å². The highest BCUT2D eigenvalue weighted by Gasteiger charge is 2.25. The molecule has 3 N–H and O–H groups in total. The second-order valence-corrected chi connectivity index (χ2v) is 7.80. The molecular formula is C22H24ClN3O. The third-order valence-corrected chi connectivity index (χ3v) is 5.99. The van der Waals surface area contributed by atoms with Crippen molar-refractivity contribution in [1.82, 2.24) is 9.88 Å². The monoisotopic (exact) mass is 381 g/mol. The zero-order chi connectivity index (χ0) is 19.0. The van der Waals surface area contributed by atoms with Gasteiger partial charge in [0.2, 0.25) is 5.91 Å². The normalized spacial score (nSPS) is 18.1. The Morgan fingerprint density at radius 1 is 1.26 bits per heavy atom. The first kappa shape index (κ1) is 18.1. The fraction of sp³-hybridized carbons (Fsp3) is 0.318. The van der Waals surface area contributed by atoms with Crippen LogP contribution in [0.25, 0.3) is 10.9 Å². The number of H-pyrrole nitrogens is 1. The summed E-state index contributed by atoms with van der Waals surface area (Å²) in [5, 5.41) is 2.03. The first-order valence-corrected chi connectivity index (χ1v) is 9.81. The molecular weight excluding hydrogens is 358 g/mol. The molecule has 1 atom stereocenters. The molecule has 3 aromatic rings. The van der Waals surface area contributed by atoms with Gasteiger partial charge in [0.15, 0.2) is 0 Å². The number of fused-ring (bicyclic) bond motifs is 1. The van der Waals surface area contributed by atoms with Crippen LogP contribution in [-0.2, 0) is 6.54 Å². The van der Waals surface area contributed by atoms with Gasteiger partial charge in [-0.2, -0.15) is 0 Å². The Hall–Kier alpha value is -2.30. The van der Waals surface area contributed by atoms with Crippen molar-refractivity contribution in [3.8, 4) is 0 Å². The molecule has 1 amide bonds. The van der Waals surface area contributed by atoms with Crippen LogP contribution in [0.4, 0.5) is 0 Å². The van der Waals surface area contributed by atoms with Crippen molar-refractivity contribution in [3.63, 3.8) is 0 Å². The molecule has 1 aliphatic heterocycles. The van der Waals surface area contributed by atoms with Gasteiger partial charge in [-0.25, -0.2) is 0 Å². The van der Waals surface area contributed by atoms with E-state index in [0.29, 0.717) is 11.6 Å². The van der Waals surface area contributed by atoms with Crippen molar-refractivity contribution in [2.75, 3.05) is 6.54 Å². The van der Waals surface area contributed by atoms with E-state index in [0.717, 1.165) is 30.0 Å². The van der Waals surface area contributed by atoms with Crippen molar-refractivity contribution in [2.45, 2.75) is 38.8 Å². The second-order valence-electron chi connectivity index (χ2n) is 7.39. The summed E-state index contributed by atoms with van der Waals surface area (Å²) in [6.45, 7) is 3.94. The van der Waals surface area contributed by atoms with Crippen LogP contribution in [-0.4, -0.2) is 22.3 Å². The number of carbonyl (C=O) groups is 1. The lowest BCUT2D eigenvalue weighted by atomic mass is 9.93.